The van der Waals surface area contributed by atoms with Crippen LogP contribution in [0.15, 0.2) is 30.0 Å². The molecule has 122 valence electrons. The summed E-state index contributed by atoms with van der Waals surface area (Å²) >= 11 is 5.90. The van der Waals surface area contributed by atoms with Crippen molar-refractivity contribution in [1.82, 2.24) is 5.32 Å². The van der Waals surface area contributed by atoms with Crippen LogP contribution in [0.4, 0.5) is 5.69 Å². The van der Waals surface area contributed by atoms with Crippen molar-refractivity contribution >= 4 is 29.2 Å². The minimum atomic E-state index is -1.15. The highest BCUT2D eigenvalue weighted by atomic mass is 35.5. The lowest BCUT2D eigenvalue weighted by molar-refractivity contribution is -0.142. The molecule has 1 aromatic rings. The van der Waals surface area contributed by atoms with Gasteiger partial charge < -0.3 is 15.7 Å². The predicted octanol–water partition coefficient (Wildman–Crippen LogP) is 2.69. The van der Waals surface area contributed by atoms with Crippen molar-refractivity contribution in [2.24, 2.45) is 5.92 Å². The van der Waals surface area contributed by atoms with Gasteiger partial charge in [-0.3, -0.25) is 4.79 Å². The molecule has 3 N–H and O–H groups in total. The summed E-state index contributed by atoms with van der Waals surface area (Å²) in [5.41, 5.74) is 1.31. The number of benzene rings is 1. The molecule has 0 saturated heterocycles. The van der Waals surface area contributed by atoms with Crippen LogP contribution in [-0.2, 0) is 9.59 Å². The van der Waals surface area contributed by atoms with E-state index in [0.29, 0.717) is 10.7 Å². The van der Waals surface area contributed by atoms with Crippen molar-refractivity contribution in [3.63, 3.8) is 0 Å². The molecule has 6 nitrogen and oxygen atoms in total. The quantitative estimate of drug-likeness (QED) is 0.548. The lowest BCUT2D eigenvalue weighted by Crippen LogP contribution is -2.44. The standard InChI is InChI=1S/C16H18ClN3O3/c1-9(2)14(16(22)23)20-15(21)11(7-18)8-19-13-6-12(17)5-4-10(13)3/h4-6,8-9,14,19H,1-3H3,(H,20,21)(H,22,23)/b11-8-. The first-order valence-corrected chi connectivity index (χ1v) is 7.30. The summed E-state index contributed by atoms with van der Waals surface area (Å²) < 4.78 is 0. The number of rotatable bonds is 6. The van der Waals surface area contributed by atoms with Crippen LogP contribution >= 0.6 is 11.6 Å². The van der Waals surface area contributed by atoms with Gasteiger partial charge >= 0.3 is 5.97 Å². The van der Waals surface area contributed by atoms with E-state index in [1.165, 1.54) is 6.20 Å². The number of nitriles is 1. The predicted molar refractivity (Wildman–Crippen MR) is 87.9 cm³/mol. The van der Waals surface area contributed by atoms with E-state index in [9.17, 15) is 9.59 Å². The van der Waals surface area contributed by atoms with Crippen LogP contribution in [0.25, 0.3) is 0 Å². The molecule has 0 bridgehead atoms. The summed E-state index contributed by atoms with van der Waals surface area (Å²) in [7, 11) is 0. The Morgan fingerprint density at radius 2 is 2.04 bits per heavy atom. The van der Waals surface area contributed by atoms with Crippen molar-refractivity contribution in [3.8, 4) is 6.07 Å². The highest BCUT2D eigenvalue weighted by molar-refractivity contribution is 6.30. The Kier molecular flexibility index (Phi) is 6.61. The van der Waals surface area contributed by atoms with E-state index in [-0.39, 0.29) is 11.5 Å². The van der Waals surface area contributed by atoms with Gasteiger partial charge in [-0.15, -0.1) is 0 Å². The fourth-order valence-electron chi connectivity index (χ4n) is 1.78. The number of anilines is 1. The van der Waals surface area contributed by atoms with Crippen LogP contribution in [0, 0.1) is 24.2 Å². The topological polar surface area (TPSA) is 102 Å². The molecule has 0 heterocycles. The zero-order valence-corrected chi connectivity index (χ0v) is 13.8. The minimum Gasteiger partial charge on any atom is -0.480 e. The molecule has 0 aromatic heterocycles. The fraction of sp³-hybridized carbons (Fsp3) is 0.312. The molecule has 0 aliphatic carbocycles. The summed E-state index contributed by atoms with van der Waals surface area (Å²) in [6.07, 6.45) is 1.23. The normalized spacial score (nSPS) is 12.4. The Morgan fingerprint density at radius 3 is 2.57 bits per heavy atom. The number of hydrogen-bond donors (Lipinski definition) is 3. The third-order valence-electron chi connectivity index (χ3n) is 3.16. The SMILES string of the molecule is Cc1ccc(Cl)cc1N/C=C(/C#N)C(=O)NC(C(=O)O)C(C)C. The van der Waals surface area contributed by atoms with Gasteiger partial charge in [0.25, 0.3) is 5.91 Å². The summed E-state index contributed by atoms with van der Waals surface area (Å²) in [6, 6.07) is 5.87. The highest BCUT2D eigenvalue weighted by Gasteiger charge is 2.24. The Labute approximate surface area is 139 Å². The maximum atomic E-state index is 12.0. The lowest BCUT2D eigenvalue weighted by atomic mass is 10.0. The van der Waals surface area contributed by atoms with Gasteiger partial charge in [0, 0.05) is 16.9 Å². The molecule has 1 atom stereocenters. The van der Waals surface area contributed by atoms with Crippen LogP contribution in [0.5, 0.6) is 0 Å². The number of carbonyl (C=O) groups excluding carboxylic acids is 1. The van der Waals surface area contributed by atoms with Gasteiger partial charge in [-0.1, -0.05) is 31.5 Å². The van der Waals surface area contributed by atoms with E-state index in [1.807, 2.05) is 6.92 Å². The second kappa shape index (κ2) is 8.20. The van der Waals surface area contributed by atoms with Crippen molar-refractivity contribution < 1.29 is 14.7 Å². The number of nitrogens with zero attached hydrogens (tertiary/aromatic N) is 1. The van der Waals surface area contributed by atoms with Gasteiger partial charge in [-0.2, -0.15) is 5.26 Å². The molecule has 0 aliphatic heterocycles. The number of aliphatic carboxylic acids is 1. The molecule has 1 unspecified atom stereocenters. The van der Waals surface area contributed by atoms with Crippen LogP contribution in [0.2, 0.25) is 5.02 Å². The van der Waals surface area contributed by atoms with E-state index in [4.69, 9.17) is 22.0 Å². The number of carbonyl (C=O) groups is 2. The molecule has 0 fully saturated rings. The molecule has 1 aromatic carbocycles. The number of nitrogens with one attached hydrogen (secondary N) is 2. The number of amides is 1. The molecule has 0 saturated carbocycles. The minimum absolute atomic E-state index is 0.226. The molecule has 1 amide bonds. The van der Waals surface area contributed by atoms with E-state index in [1.54, 1.807) is 38.1 Å². The Bertz CT molecular complexity index is 678. The number of aryl methyl sites for hydroxylation is 1. The highest BCUT2D eigenvalue weighted by Crippen LogP contribution is 2.20. The summed E-state index contributed by atoms with van der Waals surface area (Å²) in [6.45, 7) is 5.18. The first kappa shape index (κ1) is 18.5. The van der Waals surface area contributed by atoms with Crippen molar-refractivity contribution in [3.05, 3.63) is 40.6 Å². The number of hydrogen-bond acceptors (Lipinski definition) is 4. The molecular weight excluding hydrogens is 318 g/mol. The Balaban J connectivity index is 2.91. The number of carboxylic acid groups (broad SMARTS) is 1. The fourth-order valence-corrected chi connectivity index (χ4v) is 1.95. The van der Waals surface area contributed by atoms with Gasteiger partial charge in [0.1, 0.15) is 17.7 Å². The van der Waals surface area contributed by atoms with Crippen LogP contribution in [0.3, 0.4) is 0 Å². The maximum absolute atomic E-state index is 12.0. The van der Waals surface area contributed by atoms with Gasteiger partial charge in [-0.05, 0) is 30.5 Å². The van der Waals surface area contributed by atoms with Crippen molar-refractivity contribution in [2.75, 3.05) is 5.32 Å². The molecule has 0 spiro atoms. The summed E-state index contributed by atoms with van der Waals surface area (Å²) in [5, 5.41) is 23.9. The zero-order chi connectivity index (χ0) is 17.6. The van der Waals surface area contributed by atoms with Gasteiger partial charge in [-0.25, -0.2) is 4.79 Å². The second-order valence-electron chi connectivity index (χ2n) is 5.31. The number of carboxylic acids is 1. The molecular formula is C16H18ClN3O3. The Morgan fingerprint density at radius 1 is 1.39 bits per heavy atom. The third kappa shape index (κ3) is 5.31. The molecule has 0 radical (unpaired) electrons. The van der Waals surface area contributed by atoms with Gasteiger partial charge in [0.15, 0.2) is 0 Å². The summed E-state index contributed by atoms with van der Waals surface area (Å²) in [4.78, 5) is 23.1. The van der Waals surface area contributed by atoms with E-state index < -0.39 is 17.9 Å². The maximum Gasteiger partial charge on any atom is 0.326 e. The smallest absolute Gasteiger partial charge is 0.326 e. The average Bonchev–Trinajstić information content (AvgIpc) is 2.48. The largest absolute Gasteiger partial charge is 0.480 e. The van der Waals surface area contributed by atoms with Crippen LogP contribution in [-0.4, -0.2) is 23.0 Å². The summed E-state index contributed by atoms with van der Waals surface area (Å²) in [5.74, 6) is -2.20. The van der Waals surface area contributed by atoms with Crippen molar-refractivity contribution in [1.29, 1.82) is 5.26 Å². The lowest BCUT2D eigenvalue weighted by Gasteiger charge is -2.17. The monoisotopic (exact) mass is 335 g/mol. The van der Waals surface area contributed by atoms with E-state index in [2.05, 4.69) is 10.6 Å². The molecule has 0 aliphatic rings. The van der Waals surface area contributed by atoms with Crippen molar-refractivity contribution in [2.45, 2.75) is 26.8 Å². The van der Waals surface area contributed by atoms with Gasteiger partial charge in [0.2, 0.25) is 0 Å². The molecule has 7 heteroatoms. The molecule has 1 rings (SSSR count). The van der Waals surface area contributed by atoms with E-state index in [0.717, 1.165) is 5.56 Å². The first-order valence-electron chi connectivity index (χ1n) is 6.93. The number of halogens is 1. The zero-order valence-electron chi connectivity index (χ0n) is 13.1. The second-order valence-corrected chi connectivity index (χ2v) is 5.74. The average molecular weight is 336 g/mol. The third-order valence-corrected chi connectivity index (χ3v) is 3.39. The van der Waals surface area contributed by atoms with E-state index >= 15 is 0 Å². The Hall–Kier alpha value is -2.52. The van der Waals surface area contributed by atoms with Crippen LogP contribution in [0.1, 0.15) is 19.4 Å². The molecule has 23 heavy (non-hydrogen) atoms. The van der Waals surface area contributed by atoms with Crippen LogP contribution < -0.4 is 10.6 Å². The first-order chi connectivity index (χ1) is 10.8. The van der Waals surface area contributed by atoms with Gasteiger partial charge in [0.05, 0.1) is 0 Å².